The Bertz CT molecular complexity index is 1670. The largest absolute Gasteiger partial charge is 0.496 e. The third-order valence-electron chi connectivity index (χ3n) is 7.38. The van der Waals surface area contributed by atoms with Crippen LogP contribution in [0.5, 0.6) is 5.75 Å². The first-order chi connectivity index (χ1) is 20.6. The summed E-state index contributed by atoms with van der Waals surface area (Å²) in [4.78, 5) is 2.30. The molecule has 5 rings (SSSR count). The topological polar surface area (TPSA) is 32.7 Å². The second-order valence-electron chi connectivity index (χ2n) is 10.3. The maximum absolute atomic E-state index is 10.1. The van der Waals surface area contributed by atoms with Crippen molar-refractivity contribution in [3.05, 3.63) is 160 Å². The number of aliphatic hydroxyl groups excluding tert-OH is 1. The predicted octanol–water partition coefficient (Wildman–Crippen LogP) is 9.76. The number of rotatable bonds is 10. The molecule has 0 unspecified atom stereocenters. The zero-order valence-electron chi connectivity index (χ0n) is 24.5. The fourth-order valence-corrected chi connectivity index (χ4v) is 5.20. The summed E-state index contributed by atoms with van der Waals surface area (Å²) in [5.74, 6) is 0.779. The molecular formula is C39H37NO2. The van der Waals surface area contributed by atoms with E-state index in [1.807, 2.05) is 37.3 Å². The molecular weight excluding hydrogens is 514 g/mol. The predicted molar refractivity (Wildman–Crippen MR) is 178 cm³/mol. The van der Waals surface area contributed by atoms with E-state index in [0.29, 0.717) is 0 Å². The molecule has 3 nitrogen and oxygen atoms in total. The number of benzene rings is 5. The smallest absolute Gasteiger partial charge is 0.126 e. The molecule has 0 amide bonds. The van der Waals surface area contributed by atoms with Gasteiger partial charge in [0.2, 0.25) is 0 Å². The highest BCUT2D eigenvalue weighted by Crippen LogP contribution is 2.36. The first-order valence-electron chi connectivity index (χ1n) is 14.3. The lowest BCUT2D eigenvalue weighted by Crippen LogP contribution is -2.10. The summed E-state index contributed by atoms with van der Waals surface area (Å²) in [5, 5.41) is 10.1. The molecule has 210 valence electrons. The molecule has 0 saturated heterocycles. The van der Waals surface area contributed by atoms with Gasteiger partial charge in [-0.25, -0.2) is 0 Å². The Morgan fingerprint density at radius 1 is 0.643 bits per heavy atom. The van der Waals surface area contributed by atoms with Crippen LogP contribution < -0.4 is 9.64 Å². The van der Waals surface area contributed by atoms with Gasteiger partial charge in [0.1, 0.15) is 5.75 Å². The van der Waals surface area contributed by atoms with Crippen LogP contribution in [0.3, 0.4) is 0 Å². The number of allylic oxidation sites excluding steroid dienone is 1. The summed E-state index contributed by atoms with van der Waals surface area (Å²) >= 11 is 0. The van der Waals surface area contributed by atoms with Crippen LogP contribution in [0.4, 0.5) is 17.1 Å². The van der Waals surface area contributed by atoms with Crippen molar-refractivity contribution in [2.24, 2.45) is 0 Å². The fraction of sp³-hybridized carbons (Fsp3) is 0.128. The second kappa shape index (κ2) is 13.7. The molecule has 0 saturated carbocycles. The van der Waals surface area contributed by atoms with E-state index in [9.17, 15) is 5.11 Å². The summed E-state index contributed by atoms with van der Waals surface area (Å²) in [6.45, 7) is 4.04. The first kappa shape index (κ1) is 28.7. The van der Waals surface area contributed by atoms with Gasteiger partial charge in [-0.2, -0.15) is 0 Å². The Hall–Kier alpha value is -4.86. The molecule has 0 atom stereocenters. The van der Waals surface area contributed by atoms with Gasteiger partial charge in [-0.3, -0.25) is 0 Å². The monoisotopic (exact) mass is 551 g/mol. The molecule has 0 aliphatic carbocycles. The number of aliphatic hydroxyl groups is 1. The Morgan fingerprint density at radius 3 is 1.95 bits per heavy atom. The summed E-state index contributed by atoms with van der Waals surface area (Å²) < 4.78 is 5.65. The van der Waals surface area contributed by atoms with Crippen LogP contribution in [0.15, 0.2) is 121 Å². The molecule has 0 aromatic heterocycles. The number of aryl methyl sites for hydroxylation is 1. The van der Waals surface area contributed by atoms with E-state index in [-0.39, 0.29) is 6.61 Å². The first-order valence-corrected chi connectivity index (χ1v) is 14.3. The van der Waals surface area contributed by atoms with Gasteiger partial charge >= 0.3 is 0 Å². The quantitative estimate of drug-likeness (QED) is 0.175. The van der Waals surface area contributed by atoms with Gasteiger partial charge in [0.25, 0.3) is 0 Å². The normalized spacial score (nSPS) is 11.3. The van der Waals surface area contributed by atoms with Crippen LogP contribution in [-0.2, 0) is 13.0 Å². The van der Waals surface area contributed by atoms with Crippen LogP contribution in [0.1, 0.15) is 45.9 Å². The van der Waals surface area contributed by atoms with E-state index >= 15 is 0 Å². The molecule has 1 N–H and O–H groups in total. The third-order valence-corrected chi connectivity index (χ3v) is 7.38. The highest BCUT2D eigenvalue weighted by atomic mass is 16.5. The number of para-hydroxylation sites is 1. The minimum atomic E-state index is -0.0490. The second-order valence-corrected chi connectivity index (χ2v) is 10.3. The van der Waals surface area contributed by atoms with Crippen molar-refractivity contribution in [3.63, 3.8) is 0 Å². The van der Waals surface area contributed by atoms with Crippen molar-refractivity contribution >= 4 is 35.3 Å². The molecule has 3 heteroatoms. The Kier molecular flexibility index (Phi) is 9.33. The number of anilines is 3. The van der Waals surface area contributed by atoms with E-state index < -0.39 is 0 Å². The van der Waals surface area contributed by atoms with Gasteiger partial charge in [-0.05, 0) is 96.6 Å². The minimum absolute atomic E-state index is 0.0490. The molecule has 0 aliphatic heterocycles. The standard InChI is InChI=1S/C39H37NO2/c1-4-11-33-25-35(28-41)32(27-39(33)42-3)19-18-31-20-23-38(26-34(31)24-30-12-7-5-8-13-30)40(36-14-9-6-10-15-36)37-21-16-29(2)17-22-37/h4-23,25-27,41H,24,28H2,1-3H3. The summed E-state index contributed by atoms with van der Waals surface area (Å²) in [7, 11) is 1.68. The summed E-state index contributed by atoms with van der Waals surface area (Å²) in [6.07, 6.45) is 8.98. The zero-order valence-corrected chi connectivity index (χ0v) is 24.5. The average molecular weight is 552 g/mol. The zero-order chi connectivity index (χ0) is 29.3. The molecule has 5 aromatic carbocycles. The number of hydrogen-bond acceptors (Lipinski definition) is 3. The lowest BCUT2D eigenvalue weighted by Gasteiger charge is -2.26. The van der Waals surface area contributed by atoms with Crippen LogP contribution in [-0.4, -0.2) is 12.2 Å². The van der Waals surface area contributed by atoms with Crippen molar-refractivity contribution in [1.29, 1.82) is 0 Å². The highest BCUT2D eigenvalue weighted by molar-refractivity contribution is 5.80. The highest BCUT2D eigenvalue weighted by Gasteiger charge is 2.15. The fourth-order valence-electron chi connectivity index (χ4n) is 5.20. The number of nitrogens with zero attached hydrogens (tertiary/aromatic N) is 1. The van der Waals surface area contributed by atoms with E-state index in [0.717, 1.165) is 51.5 Å². The molecule has 42 heavy (non-hydrogen) atoms. The lowest BCUT2D eigenvalue weighted by atomic mass is 9.96. The van der Waals surface area contributed by atoms with Crippen LogP contribution in [0, 0.1) is 6.92 Å². The SMILES string of the molecule is CC=Cc1cc(CO)c(C=Cc2ccc(N(c3ccccc3)c3ccc(C)cc3)cc2Cc2ccccc2)cc1OC. The lowest BCUT2D eigenvalue weighted by molar-refractivity contribution is 0.281. The van der Waals surface area contributed by atoms with Crippen LogP contribution in [0.25, 0.3) is 18.2 Å². The van der Waals surface area contributed by atoms with Gasteiger partial charge in [0.05, 0.1) is 13.7 Å². The number of hydrogen-bond donors (Lipinski definition) is 1. The molecule has 0 spiro atoms. The van der Waals surface area contributed by atoms with Gasteiger partial charge in [0.15, 0.2) is 0 Å². The molecule has 0 radical (unpaired) electrons. The Balaban J connectivity index is 1.60. The van der Waals surface area contributed by atoms with E-state index in [1.54, 1.807) is 7.11 Å². The summed E-state index contributed by atoms with van der Waals surface area (Å²) in [5.41, 5.74) is 10.9. The van der Waals surface area contributed by atoms with Gasteiger partial charge in [0, 0.05) is 22.6 Å². The Labute approximate surface area is 249 Å². The van der Waals surface area contributed by atoms with E-state index in [1.165, 1.54) is 16.7 Å². The molecule has 0 bridgehead atoms. The van der Waals surface area contributed by atoms with Gasteiger partial charge in [-0.15, -0.1) is 0 Å². The van der Waals surface area contributed by atoms with Gasteiger partial charge in [-0.1, -0.05) is 96.6 Å². The Morgan fingerprint density at radius 2 is 1.29 bits per heavy atom. The van der Waals surface area contributed by atoms with Crippen molar-refractivity contribution in [2.75, 3.05) is 12.0 Å². The maximum Gasteiger partial charge on any atom is 0.126 e. The van der Waals surface area contributed by atoms with Crippen LogP contribution in [0.2, 0.25) is 0 Å². The summed E-state index contributed by atoms with van der Waals surface area (Å²) in [6, 6.07) is 40.4. The molecule has 0 fully saturated rings. The average Bonchev–Trinajstić information content (AvgIpc) is 3.03. The number of ether oxygens (including phenoxy) is 1. The minimum Gasteiger partial charge on any atom is -0.496 e. The maximum atomic E-state index is 10.1. The third kappa shape index (κ3) is 6.71. The molecule has 5 aromatic rings. The molecule has 0 heterocycles. The van der Waals surface area contributed by atoms with E-state index in [2.05, 4.69) is 121 Å². The van der Waals surface area contributed by atoms with Gasteiger partial charge < -0.3 is 14.7 Å². The molecule has 0 aliphatic rings. The van der Waals surface area contributed by atoms with Crippen LogP contribution >= 0.6 is 0 Å². The van der Waals surface area contributed by atoms with Crippen molar-refractivity contribution in [3.8, 4) is 5.75 Å². The van der Waals surface area contributed by atoms with Crippen molar-refractivity contribution in [2.45, 2.75) is 26.9 Å². The van der Waals surface area contributed by atoms with Crippen molar-refractivity contribution < 1.29 is 9.84 Å². The number of methoxy groups -OCH3 is 1. The van der Waals surface area contributed by atoms with Crippen molar-refractivity contribution in [1.82, 2.24) is 0 Å². The van der Waals surface area contributed by atoms with E-state index in [4.69, 9.17) is 4.74 Å².